The van der Waals surface area contributed by atoms with Crippen molar-refractivity contribution in [3.63, 3.8) is 0 Å². The van der Waals surface area contributed by atoms with Crippen molar-refractivity contribution in [2.75, 3.05) is 5.32 Å². The zero-order chi connectivity index (χ0) is 35.8. The van der Waals surface area contributed by atoms with Crippen LogP contribution in [0.3, 0.4) is 0 Å². The summed E-state index contributed by atoms with van der Waals surface area (Å²) in [6.07, 6.45) is -0.388. The highest BCUT2D eigenvalue weighted by molar-refractivity contribution is 6.38. The molecule has 0 radical (unpaired) electrons. The number of anilines is 1. The first-order chi connectivity index (χ1) is 27.3. The molecule has 1 aliphatic rings. The van der Waals surface area contributed by atoms with Crippen LogP contribution in [0.5, 0.6) is 0 Å². The van der Waals surface area contributed by atoms with E-state index in [0.29, 0.717) is 5.88 Å². The second kappa shape index (κ2) is 10.6. The maximum Gasteiger partial charge on any atom is 0.244 e. The lowest BCUT2D eigenvalue weighted by Gasteiger charge is -2.29. The number of furan rings is 2. The Balaban J connectivity index is 1.18. The lowest BCUT2D eigenvalue weighted by atomic mass is 9.92. The lowest BCUT2D eigenvalue weighted by molar-refractivity contribution is 0.618. The molecule has 256 valence electrons. The number of benzene rings is 8. The van der Waals surface area contributed by atoms with Crippen molar-refractivity contribution in [2.45, 2.75) is 6.17 Å². The third kappa shape index (κ3) is 3.83. The second-order valence-corrected chi connectivity index (χ2v) is 14.6. The second-order valence-electron chi connectivity index (χ2n) is 14.6. The molecule has 1 unspecified atom stereocenters. The molecule has 5 nitrogen and oxygen atoms in total. The molecular formula is C50H29N3O2. The molecule has 0 spiro atoms. The first kappa shape index (κ1) is 29.1. The Morgan fingerprint density at radius 3 is 1.84 bits per heavy atom. The van der Waals surface area contributed by atoms with Gasteiger partial charge in [-0.15, -0.1) is 0 Å². The van der Waals surface area contributed by atoms with Crippen molar-refractivity contribution >= 4 is 104 Å². The predicted octanol–water partition coefficient (Wildman–Crippen LogP) is 13.7. The monoisotopic (exact) mass is 703 g/mol. The standard InChI is InChI=1S/C50H29N3O2/c1-2-12-28(13-3-1)29-24-25-36(33-17-7-4-14-30(29)33)47-49(51-48-37-18-8-9-22-40(37)55-50(48)52-47)53-38-21-10-19-34-31-15-5-6-16-32(31)35-20-11-23-41-44(35)46-42(54-41)27-26-39(53)45(46)43(34)38/h1-27,49,51H. The van der Waals surface area contributed by atoms with Crippen LogP contribution in [-0.4, -0.2) is 10.3 Å². The molecule has 9 aromatic carbocycles. The number of para-hydroxylation sites is 1. The summed E-state index contributed by atoms with van der Waals surface area (Å²) in [6.45, 7) is 0. The van der Waals surface area contributed by atoms with Crippen molar-refractivity contribution in [1.29, 1.82) is 0 Å². The molecule has 0 saturated carbocycles. The zero-order valence-corrected chi connectivity index (χ0v) is 29.4. The highest BCUT2D eigenvalue weighted by atomic mass is 16.4. The number of hydrogen-bond donors (Lipinski definition) is 1. The highest BCUT2D eigenvalue weighted by Gasteiger charge is 2.34. The molecule has 0 bridgehead atoms. The quantitative estimate of drug-likeness (QED) is 0.199. The normalized spacial score (nSPS) is 14.6. The van der Waals surface area contributed by atoms with Crippen molar-refractivity contribution < 1.29 is 8.83 Å². The number of hydrogen-bond acceptors (Lipinski definition) is 4. The molecule has 0 fully saturated rings. The van der Waals surface area contributed by atoms with Gasteiger partial charge in [-0.05, 0) is 79.8 Å². The minimum atomic E-state index is -0.388. The summed E-state index contributed by atoms with van der Waals surface area (Å²) in [6, 6.07) is 58.3. The van der Waals surface area contributed by atoms with Crippen LogP contribution in [0.1, 0.15) is 11.7 Å². The third-order valence-electron chi connectivity index (χ3n) is 11.8. The van der Waals surface area contributed by atoms with Gasteiger partial charge in [-0.25, -0.2) is 4.99 Å². The van der Waals surface area contributed by atoms with Crippen molar-refractivity contribution in [1.82, 2.24) is 4.57 Å². The van der Waals surface area contributed by atoms with Gasteiger partial charge in [0.25, 0.3) is 0 Å². The Bertz CT molecular complexity index is 3590. The fraction of sp³-hybridized carbons (Fsp3) is 0.0200. The van der Waals surface area contributed by atoms with Crippen molar-refractivity contribution in [3.8, 4) is 11.1 Å². The van der Waals surface area contributed by atoms with Gasteiger partial charge in [-0.2, -0.15) is 0 Å². The fourth-order valence-electron chi connectivity index (χ4n) is 9.58. The fourth-order valence-corrected chi connectivity index (χ4v) is 9.58. The topological polar surface area (TPSA) is 55.6 Å². The lowest BCUT2D eigenvalue weighted by Crippen LogP contribution is -2.30. The molecule has 3 aromatic heterocycles. The van der Waals surface area contributed by atoms with Gasteiger partial charge in [0.1, 0.15) is 28.6 Å². The van der Waals surface area contributed by atoms with Crippen LogP contribution in [-0.2, 0) is 0 Å². The molecule has 1 aliphatic heterocycles. The largest absolute Gasteiger partial charge is 0.456 e. The summed E-state index contributed by atoms with van der Waals surface area (Å²) in [5.41, 5.74) is 10.0. The Hall–Kier alpha value is -7.37. The van der Waals surface area contributed by atoms with Gasteiger partial charge in [0.2, 0.25) is 5.88 Å². The Labute approximate surface area is 313 Å². The number of aromatic nitrogens is 1. The number of aliphatic imine (C=N–C) groups is 1. The van der Waals surface area contributed by atoms with E-state index in [0.717, 1.165) is 66.3 Å². The molecule has 55 heavy (non-hydrogen) atoms. The van der Waals surface area contributed by atoms with Crippen LogP contribution in [0, 0.1) is 0 Å². The Morgan fingerprint density at radius 1 is 0.418 bits per heavy atom. The summed E-state index contributed by atoms with van der Waals surface area (Å²) in [7, 11) is 0. The van der Waals surface area contributed by atoms with E-state index in [2.05, 4.69) is 162 Å². The van der Waals surface area contributed by atoms with Gasteiger partial charge < -0.3 is 18.7 Å². The van der Waals surface area contributed by atoms with Gasteiger partial charge in [0.05, 0.1) is 16.7 Å². The van der Waals surface area contributed by atoms with Crippen LogP contribution in [0.15, 0.2) is 178 Å². The number of nitrogens with one attached hydrogen (secondary N) is 1. The van der Waals surface area contributed by atoms with E-state index < -0.39 is 0 Å². The van der Waals surface area contributed by atoms with Gasteiger partial charge in [-0.3, -0.25) is 0 Å². The summed E-state index contributed by atoms with van der Waals surface area (Å²) in [5.74, 6) is 0.588. The predicted molar refractivity (Wildman–Crippen MR) is 227 cm³/mol. The highest BCUT2D eigenvalue weighted by Crippen LogP contribution is 2.50. The molecular weight excluding hydrogens is 675 g/mol. The molecule has 4 heterocycles. The smallest absolute Gasteiger partial charge is 0.244 e. The van der Waals surface area contributed by atoms with E-state index in [1.165, 1.54) is 48.8 Å². The van der Waals surface area contributed by atoms with E-state index in [9.17, 15) is 0 Å². The summed E-state index contributed by atoms with van der Waals surface area (Å²) in [5, 5.41) is 16.9. The zero-order valence-electron chi connectivity index (χ0n) is 29.4. The minimum Gasteiger partial charge on any atom is -0.456 e. The Morgan fingerprint density at radius 2 is 1.02 bits per heavy atom. The van der Waals surface area contributed by atoms with Gasteiger partial charge >= 0.3 is 0 Å². The summed E-state index contributed by atoms with van der Waals surface area (Å²) < 4.78 is 15.6. The third-order valence-corrected chi connectivity index (χ3v) is 11.8. The van der Waals surface area contributed by atoms with E-state index in [-0.39, 0.29) is 6.17 Å². The number of rotatable bonds is 3. The molecule has 13 rings (SSSR count). The SMILES string of the molecule is c1ccc(-c2ccc(C3=Nc4oc5ccccc5c4NC3n3c4cccc5c6ccccc6c6cccc7oc8ccc3c(c8c76)c54)c3ccccc23)cc1. The summed E-state index contributed by atoms with van der Waals surface area (Å²) in [4.78, 5) is 5.50. The van der Waals surface area contributed by atoms with Crippen LogP contribution < -0.4 is 5.32 Å². The van der Waals surface area contributed by atoms with Gasteiger partial charge in [-0.1, -0.05) is 127 Å². The first-order valence-corrected chi connectivity index (χ1v) is 18.7. The van der Waals surface area contributed by atoms with Crippen LogP contribution >= 0.6 is 0 Å². The van der Waals surface area contributed by atoms with Crippen molar-refractivity contribution in [2.24, 2.45) is 4.99 Å². The van der Waals surface area contributed by atoms with Crippen LogP contribution in [0.2, 0.25) is 0 Å². The Kier molecular flexibility index (Phi) is 5.62. The van der Waals surface area contributed by atoms with E-state index in [1.54, 1.807) is 0 Å². The number of nitrogens with zero attached hydrogens (tertiary/aromatic N) is 2. The van der Waals surface area contributed by atoms with Gasteiger partial charge in [0.15, 0.2) is 0 Å². The van der Waals surface area contributed by atoms with Gasteiger partial charge in [0, 0.05) is 32.5 Å². The van der Waals surface area contributed by atoms with Crippen LogP contribution in [0.25, 0.3) is 98.2 Å². The average Bonchev–Trinajstić information content (AvgIpc) is 3.91. The maximum absolute atomic E-state index is 6.65. The summed E-state index contributed by atoms with van der Waals surface area (Å²) >= 11 is 0. The van der Waals surface area contributed by atoms with E-state index in [4.69, 9.17) is 13.8 Å². The van der Waals surface area contributed by atoms with E-state index >= 15 is 0 Å². The van der Waals surface area contributed by atoms with Crippen LogP contribution in [0.4, 0.5) is 11.6 Å². The molecule has 5 heteroatoms. The molecule has 0 aliphatic carbocycles. The maximum atomic E-state index is 6.65. The molecule has 1 N–H and O–H groups in total. The molecule has 0 saturated heterocycles. The molecule has 0 amide bonds. The van der Waals surface area contributed by atoms with E-state index in [1.807, 2.05) is 12.1 Å². The first-order valence-electron chi connectivity index (χ1n) is 18.7. The molecule has 1 atom stereocenters. The minimum absolute atomic E-state index is 0.388. The average molecular weight is 704 g/mol. The molecule has 12 aromatic rings. The number of fused-ring (bicyclic) bond motifs is 7. The van der Waals surface area contributed by atoms with Crippen molar-refractivity contribution in [3.05, 3.63) is 169 Å².